The first kappa shape index (κ1) is 11.0. The van der Waals surface area contributed by atoms with E-state index in [0.717, 1.165) is 22.0 Å². The molecule has 0 aliphatic carbocycles. The molecule has 0 unspecified atom stereocenters. The molecule has 2 aromatic heterocycles. The van der Waals surface area contributed by atoms with Crippen molar-refractivity contribution in [2.24, 2.45) is 0 Å². The van der Waals surface area contributed by atoms with Crippen LogP contribution in [0.4, 0.5) is 0 Å². The molecule has 0 fully saturated rings. The Balaban J connectivity index is 2.10. The lowest BCUT2D eigenvalue weighted by molar-refractivity contribution is 1.06. The number of thiol groups is 1. The summed E-state index contributed by atoms with van der Waals surface area (Å²) in [5, 5.41) is 0. The summed E-state index contributed by atoms with van der Waals surface area (Å²) in [6.07, 6.45) is 7.29. The van der Waals surface area contributed by atoms with Crippen LogP contribution in [0.15, 0.2) is 66.1 Å². The van der Waals surface area contributed by atoms with Crippen molar-refractivity contribution in [1.29, 1.82) is 0 Å². The van der Waals surface area contributed by atoms with Gasteiger partial charge in [-0.2, -0.15) is 0 Å². The van der Waals surface area contributed by atoms with E-state index in [9.17, 15) is 0 Å². The first-order valence-electron chi connectivity index (χ1n) is 5.58. The number of benzene rings is 1. The minimum atomic E-state index is 0.912. The highest BCUT2D eigenvalue weighted by molar-refractivity contribution is 7.80. The number of imidazole rings is 1. The standard InChI is InChI=1S/C14H11N3S/c18-13-3-1-11(2-4-13)14-16-9-10-17(14)12-5-7-15-8-6-12/h1-10,18H. The molecule has 4 heteroatoms. The molecule has 0 radical (unpaired) electrons. The van der Waals surface area contributed by atoms with Crippen LogP contribution in [0, 0.1) is 0 Å². The maximum atomic E-state index is 4.41. The molecule has 3 nitrogen and oxygen atoms in total. The number of hydrogen-bond donors (Lipinski definition) is 1. The maximum Gasteiger partial charge on any atom is 0.144 e. The summed E-state index contributed by atoms with van der Waals surface area (Å²) in [6, 6.07) is 11.9. The van der Waals surface area contributed by atoms with Crippen molar-refractivity contribution in [3.8, 4) is 17.1 Å². The number of aromatic nitrogens is 3. The topological polar surface area (TPSA) is 30.7 Å². The average molecular weight is 253 g/mol. The van der Waals surface area contributed by atoms with E-state index in [4.69, 9.17) is 0 Å². The summed E-state index contributed by atoms with van der Waals surface area (Å²) in [6.45, 7) is 0. The van der Waals surface area contributed by atoms with Gasteiger partial charge in [0.05, 0.1) is 5.69 Å². The predicted molar refractivity (Wildman–Crippen MR) is 74.0 cm³/mol. The lowest BCUT2D eigenvalue weighted by atomic mass is 10.2. The highest BCUT2D eigenvalue weighted by Gasteiger charge is 2.06. The fourth-order valence-corrected chi connectivity index (χ4v) is 1.99. The van der Waals surface area contributed by atoms with Gasteiger partial charge in [0.25, 0.3) is 0 Å². The van der Waals surface area contributed by atoms with Gasteiger partial charge in [0.2, 0.25) is 0 Å². The Hall–Kier alpha value is -2.07. The highest BCUT2D eigenvalue weighted by Crippen LogP contribution is 2.22. The van der Waals surface area contributed by atoms with Gasteiger partial charge in [-0.25, -0.2) is 4.98 Å². The quantitative estimate of drug-likeness (QED) is 0.711. The largest absolute Gasteiger partial charge is 0.300 e. The van der Waals surface area contributed by atoms with E-state index in [2.05, 4.69) is 22.6 Å². The van der Waals surface area contributed by atoms with Crippen molar-refractivity contribution in [1.82, 2.24) is 14.5 Å². The van der Waals surface area contributed by atoms with E-state index in [1.54, 1.807) is 18.6 Å². The fourth-order valence-electron chi connectivity index (χ4n) is 1.84. The summed E-state index contributed by atoms with van der Waals surface area (Å²) in [4.78, 5) is 9.38. The highest BCUT2D eigenvalue weighted by atomic mass is 32.1. The normalized spacial score (nSPS) is 10.5. The summed E-state index contributed by atoms with van der Waals surface area (Å²) in [7, 11) is 0. The third-order valence-electron chi connectivity index (χ3n) is 2.71. The van der Waals surface area contributed by atoms with Gasteiger partial charge in [0, 0.05) is 35.2 Å². The SMILES string of the molecule is Sc1ccc(-c2nccn2-c2ccncc2)cc1. The molecule has 0 saturated carbocycles. The lowest BCUT2D eigenvalue weighted by Gasteiger charge is -2.07. The second kappa shape index (κ2) is 4.66. The average Bonchev–Trinajstić information content (AvgIpc) is 2.90. The zero-order valence-electron chi connectivity index (χ0n) is 9.56. The molecule has 3 aromatic rings. The number of nitrogens with zero attached hydrogens (tertiary/aromatic N) is 3. The molecule has 0 saturated heterocycles. The van der Waals surface area contributed by atoms with Crippen LogP contribution in [0.1, 0.15) is 0 Å². The van der Waals surface area contributed by atoms with Crippen LogP contribution >= 0.6 is 12.6 Å². The van der Waals surface area contributed by atoms with Crippen LogP contribution < -0.4 is 0 Å². The van der Waals surface area contributed by atoms with E-state index in [-0.39, 0.29) is 0 Å². The first-order valence-corrected chi connectivity index (χ1v) is 6.02. The van der Waals surface area contributed by atoms with Crippen LogP contribution in [-0.2, 0) is 0 Å². The van der Waals surface area contributed by atoms with E-state index in [1.165, 1.54) is 0 Å². The molecular formula is C14H11N3S. The van der Waals surface area contributed by atoms with Crippen LogP contribution in [0.5, 0.6) is 0 Å². The van der Waals surface area contributed by atoms with Gasteiger partial charge in [0.1, 0.15) is 5.82 Å². The van der Waals surface area contributed by atoms with Crippen molar-refractivity contribution in [2.75, 3.05) is 0 Å². The third-order valence-corrected chi connectivity index (χ3v) is 3.01. The van der Waals surface area contributed by atoms with Crippen molar-refractivity contribution in [2.45, 2.75) is 4.90 Å². The second-order valence-electron chi connectivity index (χ2n) is 3.87. The van der Waals surface area contributed by atoms with Gasteiger partial charge >= 0.3 is 0 Å². The van der Waals surface area contributed by atoms with Crippen LogP contribution in [0.3, 0.4) is 0 Å². The van der Waals surface area contributed by atoms with Crippen molar-refractivity contribution >= 4 is 12.6 Å². The molecule has 0 N–H and O–H groups in total. The van der Waals surface area contributed by atoms with Gasteiger partial charge in [-0.1, -0.05) is 12.1 Å². The monoisotopic (exact) mass is 253 g/mol. The Morgan fingerprint density at radius 2 is 1.61 bits per heavy atom. The minimum Gasteiger partial charge on any atom is -0.300 e. The Labute approximate surface area is 111 Å². The number of pyridine rings is 1. The van der Waals surface area contributed by atoms with Crippen LogP contribution in [0.2, 0.25) is 0 Å². The molecule has 0 aliphatic heterocycles. The Morgan fingerprint density at radius 1 is 0.889 bits per heavy atom. The van der Waals surface area contributed by atoms with Gasteiger partial charge in [-0.15, -0.1) is 12.6 Å². The Kier molecular flexibility index (Phi) is 2.86. The van der Waals surface area contributed by atoms with Crippen molar-refractivity contribution < 1.29 is 0 Å². The number of hydrogen-bond acceptors (Lipinski definition) is 3. The lowest BCUT2D eigenvalue weighted by Crippen LogP contribution is -1.96. The molecule has 0 aliphatic rings. The molecule has 2 heterocycles. The van der Waals surface area contributed by atoms with Gasteiger partial charge < -0.3 is 0 Å². The maximum absolute atomic E-state index is 4.41. The smallest absolute Gasteiger partial charge is 0.144 e. The summed E-state index contributed by atoms with van der Waals surface area (Å²) >= 11 is 4.29. The van der Waals surface area contributed by atoms with E-state index in [1.807, 2.05) is 47.2 Å². The molecule has 88 valence electrons. The number of rotatable bonds is 2. The molecule has 0 spiro atoms. The molecular weight excluding hydrogens is 242 g/mol. The summed E-state index contributed by atoms with van der Waals surface area (Å²) < 4.78 is 2.04. The second-order valence-corrected chi connectivity index (χ2v) is 4.39. The zero-order valence-corrected chi connectivity index (χ0v) is 10.5. The molecule has 3 rings (SSSR count). The first-order chi connectivity index (χ1) is 8.84. The molecule has 1 aromatic carbocycles. The van der Waals surface area contributed by atoms with E-state index >= 15 is 0 Å². The predicted octanol–water partition coefficient (Wildman–Crippen LogP) is 3.22. The Bertz CT molecular complexity index is 644. The van der Waals surface area contributed by atoms with Gasteiger partial charge in [-0.3, -0.25) is 9.55 Å². The summed E-state index contributed by atoms with van der Waals surface area (Å²) in [5.74, 6) is 0.912. The molecule has 0 bridgehead atoms. The minimum absolute atomic E-state index is 0.912. The fraction of sp³-hybridized carbons (Fsp3) is 0. The molecule has 18 heavy (non-hydrogen) atoms. The van der Waals surface area contributed by atoms with Gasteiger partial charge in [-0.05, 0) is 24.3 Å². The van der Waals surface area contributed by atoms with E-state index < -0.39 is 0 Å². The van der Waals surface area contributed by atoms with Crippen LogP contribution in [-0.4, -0.2) is 14.5 Å². The van der Waals surface area contributed by atoms with Crippen LogP contribution in [0.25, 0.3) is 17.1 Å². The third kappa shape index (κ3) is 2.02. The van der Waals surface area contributed by atoms with E-state index in [0.29, 0.717) is 0 Å². The van der Waals surface area contributed by atoms with Crippen molar-refractivity contribution in [3.05, 3.63) is 61.2 Å². The zero-order chi connectivity index (χ0) is 12.4. The molecule has 0 atom stereocenters. The summed E-state index contributed by atoms with van der Waals surface area (Å²) in [5.41, 5.74) is 2.11. The van der Waals surface area contributed by atoms with Crippen molar-refractivity contribution in [3.63, 3.8) is 0 Å². The Morgan fingerprint density at radius 3 is 2.33 bits per heavy atom. The van der Waals surface area contributed by atoms with Gasteiger partial charge in [0.15, 0.2) is 0 Å². The molecule has 0 amide bonds.